The second kappa shape index (κ2) is 5.70. The molecule has 1 aromatic carbocycles. The molecule has 0 saturated heterocycles. The smallest absolute Gasteiger partial charge is 0.352 e. The van der Waals surface area contributed by atoms with Crippen LogP contribution in [0, 0.1) is 13.8 Å². The number of para-hydroxylation sites is 1. The Labute approximate surface area is 124 Å². The molecule has 1 aromatic heterocycles. The first-order chi connectivity index (χ1) is 10.2. The van der Waals surface area contributed by atoms with E-state index in [1.54, 1.807) is 35.6 Å². The lowest BCUT2D eigenvalue weighted by molar-refractivity contribution is -0.155. The van der Waals surface area contributed by atoms with E-state index < -0.39 is 18.2 Å². The van der Waals surface area contributed by atoms with Gasteiger partial charge in [0.2, 0.25) is 0 Å². The predicted molar refractivity (Wildman–Crippen MR) is 74.6 cm³/mol. The summed E-state index contributed by atoms with van der Waals surface area (Å²) in [7, 11) is 0. The number of carbonyl (C=O) groups is 1. The van der Waals surface area contributed by atoms with Gasteiger partial charge in [-0.1, -0.05) is 18.2 Å². The Morgan fingerprint density at radius 3 is 2.36 bits per heavy atom. The van der Waals surface area contributed by atoms with Gasteiger partial charge in [-0.3, -0.25) is 0 Å². The van der Waals surface area contributed by atoms with Gasteiger partial charge >= 0.3 is 12.2 Å². The van der Waals surface area contributed by atoms with Crippen molar-refractivity contribution < 1.29 is 18.0 Å². The highest BCUT2D eigenvalue weighted by Gasteiger charge is 2.44. The fourth-order valence-electron chi connectivity index (χ4n) is 2.35. The maximum absolute atomic E-state index is 13.2. The van der Waals surface area contributed by atoms with Crippen LogP contribution in [0.1, 0.15) is 23.0 Å². The zero-order valence-corrected chi connectivity index (χ0v) is 12.0. The maximum Gasteiger partial charge on any atom is 0.413 e. The molecule has 0 unspecified atom stereocenters. The molecule has 2 amide bonds. The minimum Gasteiger partial charge on any atom is -0.352 e. The summed E-state index contributed by atoms with van der Waals surface area (Å²) < 4.78 is 41.1. The molecule has 3 N–H and O–H groups in total. The van der Waals surface area contributed by atoms with Crippen LogP contribution in [-0.4, -0.2) is 22.0 Å². The summed E-state index contributed by atoms with van der Waals surface area (Å²) in [5.74, 6) is 0. The zero-order chi connectivity index (χ0) is 16.5. The van der Waals surface area contributed by atoms with Gasteiger partial charge in [-0.25, -0.2) is 9.48 Å². The SMILES string of the molecule is Cc1nn(-c2ccccc2)c(C)c1[C@H](NC(N)=O)C(F)(F)F. The van der Waals surface area contributed by atoms with E-state index in [4.69, 9.17) is 5.73 Å². The molecule has 1 heterocycles. The van der Waals surface area contributed by atoms with E-state index in [0.29, 0.717) is 11.4 Å². The van der Waals surface area contributed by atoms with Crippen molar-refractivity contribution in [1.82, 2.24) is 15.1 Å². The molecule has 8 heteroatoms. The highest BCUT2D eigenvalue weighted by Crippen LogP contribution is 2.36. The molecule has 0 aliphatic carbocycles. The van der Waals surface area contributed by atoms with Crippen molar-refractivity contribution in [1.29, 1.82) is 0 Å². The van der Waals surface area contributed by atoms with Gasteiger partial charge in [0.05, 0.1) is 11.4 Å². The van der Waals surface area contributed by atoms with Crippen molar-refractivity contribution in [3.63, 3.8) is 0 Å². The van der Waals surface area contributed by atoms with Gasteiger partial charge in [-0.05, 0) is 26.0 Å². The van der Waals surface area contributed by atoms with Crippen molar-refractivity contribution in [2.45, 2.75) is 26.1 Å². The Bertz CT molecular complexity index is 679. The minimum atomic E-state index is -4.67. The number of amides is 2. The standard InChI is InChI=1S/C14H15F3N4O/c1-8-11(12(14(15,16)17)19-13(18)22)9(2)21(20-8)10-6-4-3-5-7-10/h3-7,12H,1-2H3,(H3,18,19,22)/t12-/m0/s1. The summed E-state index contributed by atoms with van der Waals surface area (Å²) in [6, 6.07) is 5.34. The normalized spacial score (nSPS) is 13.0. The average molecular weight is 312 g/mol. The van der Waals surface area contributed by atoms with Crippen LogP contribution >= 0.6 is 0 Å². The third-order valence-corrected chi connectivity index (χ3v) is 3.25. The number of nitrogens with two attached hydrogens (primary N) is 1. The van der Waals surface area contributed by atoms with Crippen LogP contribution in [0.4, 0.5) is 18.0 Å². The fraction of sp³-hybridized carbons (Fsp3) is 0.286. The molecule has 1 atom stereocenters. The Kier molecular flexibility index (Phi) is 4.11. The van der Waals surface area contributed by atoms with E-state index in [9.17, 15) is 18.0 Å². The Morgan fingerprint density at radius 1 is 1.27 bits per heavy atom. The third kappa shape index (κ3) is 3.05. The van der Waals surface area contributed by atoms with E-state index in [1.807, 2.05) is 0 Å². The van der Waals surface area contributed by atoms with E-state index in [0.717, 1.165) is 0 Å². The largest absolute Gasteiger partial charge is 0.413 e. The number of hydrogen-bond acceptors (Lipinski definition) is 2. The van der Waals surface area contributed by atoms with Crippen molar-refractivity contribution >= 4 is 6.03 Å². The monoisotopic (exact) mass is 312 g/mol. The number of urea groups is 1. The molecule has 0 aliphatic rings. The Morgan fingerprint density at radius 2 is 1.86 bits per heavy atom. The second-order valence-electron chi connectivity index (χ2n) is 4.82. The molecule has 0 fully saturated rings. The van der Waals surface area contributed by atoms with E-state index in [-0.39, 0.29) is 11.3 Å². The molecular weight excluding hydrogens is 297 g/mol. The molecule has 0 bridgehead atoms. The lowest BCUT2D eigenvalue weighted by Gasteiger charge is -2.21. The number of aryl methyl sites for hydroxylation is 1. The Balaban J connectivity index is 2.55. The number of carbonyl (C=O) groups excluding carboxylic acids is 1. The third-order valence-electron chi connectivity index (χ3n) is 3.25. The van der Waals surface area contributed by atoms with Gasteiger partial charge < -0.3 is 11.1 Å². The van der Waals surface area contributed by atoms with Gasteiger partial charge in [0.25, 0.3) is 0 Å². The quantitative estimate of drug-likeness (QED) is 0.914. The van der Waals surface area contributed by atoms with Crippen LogP contribution in [0.2, 0.25) is 0 Å². The van der Waals surface area contributed by atoms with Gasteiger partial charge in [0.1, 0.15) is 0 Å². The summed E-state index contributed by atoms with van der Waals surface area (Å²) >= 11 is 0. The molecular formula is C14H15F3N4O. The van der Waals surface area contributed by atoms with Crippen LogP contribution < -0.4 is 11.1 Å². The van der Waals surface area contributed by atoms with E-state index >= 15 is 0 Å². The maximum atomic E-state index is 13.2. The van der Waals surface area contributed by atoms with Crippen LogP contribution in [0.3, 0.4) is 0 Å². The minimum absolute atomic E-state index is 0.102. The summed E-state index contributed by atoms with van der Waals surface area (Å²) in [5.41, 5.74) is 5.87. The molecule has 5 nitrogen and oxygen atoms in total. The number of rotatable bonds is 3. The number of hydrogen-bond donors (Lipinski definition) is 2. The predicted octanol–water partition coefficient (Wildman–Crippen LogP) is 2.76. The lowest BCUT2D eigenvalue weighted by atomic mass is 10.0. The van der Waals surface area contributed by atoms with Gasteiger partial charge in [0, 0.05) is 11.3 Å². The topological polar surface area (TPSA) is 72.9 Å². The van der Waals surface area contributed by atoms with E-state index in [1.165, 1.54) is 18.5 Å². The number of nitrogens with zero attached hydrogens (tertiary/aromatic N) is 2. The van der Waals surface area contributed by atoms with Crippen LogP contribution in [0.5, 0.6) is 0 Å². The molecule has 0 saturated carbocycles. The highest BCUT2D eigenvalue weighted by atomic mass is 19.4. The highest BCUT2D eigenvalue weighted by molar-refractivity contribution is 5.72. The number of nitrogens with one attached hydrogen (secondary N) is 1. The number of aromatic nitrogens is 2. The van der Waals surface area contributed by atoms with Crippen molar-refractivity contribution in [3.8, 4) is 5.69 Å². The number of alkyl halides is 3. The molecule has 118 valence electrons. The number of halogens is 3. The molecule has 0 spiro atoms. The lowest BCUT2D eigenvalue weighted by Crippen LogP contribution is -2.41. The molecule has 0 aliphatic heterocycles. The first-order valence-electron chi connectivity index (χ1n) is 6.46. The summed E-state index contributed by atoms with van der Waals surface area (Å²) in [5, 5.41) is 5.89. The molecule has 22 heavy (non-hydrogen) atoms. The first-order valence-corrected chi connectivity index (χ1v) is 6.46. The zero-order valence-electron chi connectivity index (χ0n) is 12.0. The van der Waals surface area contributed by atoms with Crippen molar-refractivity contribution in [2.75, 3.05) is 0 Å². The van der Waals surface area contributed by atoms with E-state index in [2.05, 4.69) is 5.10 Å². The first kappa shape index (κ1) is 15.9. The molecule has 0 radical (unpaired) electrons. The van der Waals surface area contributed by atoms with Gasteiger partial charge in [0.15, 0.2) is 6.04 Å². The number of benzene rings is 1. The van der Waals surface area contributed by atoms with Crippen molar-refractivity contribution in [2.24, 2.45) is 5.73 Å². The summed E-state index contributed by atoms with van der Waals surface area (Å²) in [6.07, 6.45) is -4.67. The van der Waals surface area contributed by atoms with Crippen molar-refractivity contribution in [3.05, 3.63) is 47.3 Å². The summed E-state index contributed by atoms with van der Waals surface area (Å²) in [6.45, 7) is 2.98. The average Bonchev–Trinajstić information content (AvgIpc) is 2.71. The second-order valence-corrected chi connectivity index (χ2v) is 4.82. The molecule has 2 aromatic rings. The number of primary amides is 1. The molecule has 2 rings (SSSR count). The van der Waals surface area contributed by atoms with Gasteiger partial charge in [-0.15, -0.1) is 0 Å². The van der Waals surface area contributed by atoms with Gasteiger partial charge in [-0.2, -0.15) is 18.3 Å². The summed E-state index contributed by atoms with van der Waals surface area (Å²) in [4.78, 5) is 10.9. The van der Waals surface area contributed by atoms with Crippen LogP contribution in [0.25, 0.3) is 5.69 Å². The van der Waals surface area contributed by atoms with Crippen LogP contribution in [-0.2, 0) is 0 Å². The van der Waals surface area contributed by atoms with Crippen LogP contribution in [0.15, 0.2) is 30.3 Å². The Hall–Kier alpha value is -2.51. The fourth-order valence-corrected chi connectivity index (χ4v) is 2.35.